The van der Waals surface area contributed by atoms with Crippen molar-refractivity contribution in [1.29, 1.82) is 0 Å². The number of rotatable bonds is 5. The number of ether oxygens (including phenoxy) is 1. The second-order valence-corrected chi connectivity index (χ2v) is 6.73. The molecule has 0 atom stereocenters. The first kappa shape index (κ1) is 18.6. The first-order valence-electron chi connectivity index (χ1n) is 9.50. The van der Waals surface area contributed by atoms with Crippen LogP contribution in [-0.2, 0) is 6.42 Å². The number of carbonyl (C=O) groups is 2. The number of hydrogen-bond acceptors (Lipinski definition) is 3. The highest BCUT2D eigenvalue weighted by molar-refractivity contribution is 6.08. The second-order valence-electron chi connectivity index (χ2n) is 6.73. The molecule has 3 amide bonds. The Kier molecular flexibility index (Phi) is 5.42. The van der Waals surface area contributed by atoms with Gasteiger partial charge in [0.15, 0.2) is 5.75 Å². The van der Waals surface area contributed by atoms with Gasteiger partial charge in [0.25, 0.3) is 5.91 Å². The zero-order valence-electron chi connectivity index (χ0n) is 15.8. The molecule has 0 fully saturated rings. The maximum Gasteiger partial charge on any atom is 0.319 e. The minimum absolute atomic E-state index is 0.281. The van der Waals surface area contributed by atoms with Crippen LogP contribution in [0.1, 0.15) is 22.3 Å². The van der Waals surface area contributed by atoms with E-state index in [0.29, 0.717) is 35.0 Å². The van der Waals surface area contributed by atoms with E-state index >= 15 is 0 Å². The number of fused-ring (bicyclic) bond motifs is 2. The molecule has 0 unspecified atom stereocenters. The van der Waals surface area contributed by atoms with Gasteiger partial charge in [-0.1, -0.05) is 42.5 Å². The Labute approximate surface area is 168 Å². The van der Waals surface area contributed by atoms with Crippen molar-refractivity contribution in [2.45, 2.75) is 12.8 Å². The standard InChI is InChI=1S/C23H21N3O3/c27-22-18-15-17(12-13-20(18)29-21-11-5-4-10-19(21)26-22)25-23(28)24-14-6-9-16-7-2-1-3-8-16/h1-5,7-8,10-13,15H,6,9,14H2,(H,26,27)(H2,24,25,28). The zero-order valence-corrected chi connectivity index (χ0v) is 15.8. The number of benzene rings is 3. The summed E-state index contributed by atoms with van der Waals surface area (Å²) in [7, 11) is 0. The van der Waals surface area contributed by atoms with Crippen molar-refractivity contribution in [1.82, 2.24) is 5.32 Å². The predicted octanol–water partition coefficient (Wildman–Crippen LogP) is 4.80. The molecule has 0 spiro atoms. The molecule has 0 aliphatic carbocycles. The lowest BCUT2D eigenvalue weighted by Gasteiger charge is -2.11. The molecule has 29 heavy (non-hydrogen) atoms. The van der Waals surface area contributed by atoms with Gasteiger partial charge in [-0.3, -0.25) is 4.79 Å². The van der Waals surface area contributed by atoms with Gasteiger partial charge in [0, 0.05) is 12.2 Å². The van der Waals surface area contributed by atoms with E-state index in [0.717, 1.165) is 12.8 Å². The molecule has 1 aliphatic heterocycles. The van der Waals surface area contributed by atoms with Gasteiger partial charge < -0.3 is 20.7 Å². The molecule has 0 radical (unpaired) electrons. The molecule has 6 heteroatoms. The van der Waals surface area contributed by atoms with Gasteiger partial charge in [-0.2, -0.15) is 0 Å². The van der Waals surface area contributed by atoms with E-state index in [1.807, 2.05) is 30.3 Å². The van der Waals surface area contributed by atoms with Gasteiger partial charge >= 0.3 is 6.03 Å². The Morgan fingerprint density at radius 2 is 1.72 bits per heavy atom. The molecule has 146 valence electrons. The average Bonchev–Trinajstić information content (AvgIpc) is 2.88. The zero-order chi connectivity index (χ0) is 20.1. The summed E-state index contributed by atoms with van der Waals surface area (Å²) in [5, 5.41) is 8.43. The Balaban J connectivity index is 1.35. The molecule has 1 aliphatic rings. The fraction of sp³-hybridized carbons (Fsp3) is 0.130. The highest BCUT2D eigenvalue weighted by Crippen LogP contribution is 2.36. The van der Waals surface area contributed by atoms with Gasteiger partial charge in [-0.05, 0) is 48.7 Å². The molecule has 0 saturated carbocycles. The maximum atomic E-state index is 12.5. The van der Waals surface area contributed by atoms with E-state index in [1.165, 1.54) is 5.56 Å². The van der Waals surface area contributed by atoms with Crippen molar-refractivity contribution in [3.63, 3.8) is 0 Å². The predicted molar refractivity (Wildman–Crippen MR) is 113 cm³/mol. The number of urea groups is 1. The molecule has 1 heterocycles. The first-order chi connectivity index (χ1) is 14.2. The van der Waals surface area contributed by atoms with E-state index in [2.05, 4.69) is 28.1 Å². The summed E-state index contributed by atoms with van der Waals surface area (Å²) in [4.78, 5) is 24.7. The topological polar surface area (TPSA) is 79.5 Å². The molecule has 6 nitrogen and oxygen atoms in total. The third kappa shape index (κ3) is 4.55. The van der Waals surface area contributed by atoms with Crippen molar-refractivity contribution >= 4 is 23.3 Å². The smallest absolute Gasteiger partial charge is 0.319 e. The third-order valence-electron chi connectivity index (χ3n) is 4.61. The Bertz CT molecular complexity index is 1030. The molecular weight excluding hydrogens is 366 g/mol. The number of hydrogen-bond donors (Lipinski definition) is 3. The summed E-state index contributed by atoms with van der Waals surface area (Å²) in [6.45, 7) is 0.560. The van der Waals surface area contributed by atoms with Gasteiger partial charge in [0.05, 0.1) is 11.3 Å². The minimum Gasteiger partial charge on any atom is -0.454 e. The van der Waals surface area contributed by atoms with Crippen LogP contribution in [0.15, 0.2) is 72.8 Å². The van der Waals surface area contributed by atoms with Crippen molar-refractivity contribution in [3.8, 4) is 11.5 Å². The van der Waals surface area contributed by atoms with Crippen LogP contribution in [0.2, 0.25) is 0 Å². The lowest BCUT2D eigenvalue weighted by molar-refractivity contribution is 0.102. The van der Waals surface area contributed by atoms with Crippen molar-refractivity contribution < 1.29 is 14.3 Å². The van der Waals surface area contributed by atoms with Crippen molar-refractivity contribution in [2.24, 2.45) is 0 Å². The van der Waals surface area contributed by atoms with Crippen LogP contribution in [0.3, 0.4) is 0 Å². The third-order valence-corrected chi connectivity index (χ3v) is 4.61. The number of carbonyl (C=O) groups excluding carboxylic acids is 2. The highest BCUT2D eigenvalue weighted by Gasteiger charge is 2.21. The first-order valence-corrected chi connectivity index (χ1v) is 9.50. The number of para-hydroxylation sites is 2. The van der Waals surface area contributed by atoms with E-state index in [1.54, 1.807) is 30.3 Å². The van der Waals surface area contributed by atoms with Crippen LogP contribution in [0.25, 0.3) is 0 Å². The van der Waals surface area contributed by atoms with Crippen molar-refractivity contribution in [2.75, 3.05) is 17.2 Å². The number of anilines is 2. The molecule has 3 N–H and O–H groups in total. The Morgan fingerprint density at radius 3 is 2.59 bits per heavy atom. The van der Waals surface area contributed by atoms with Crippen LogP contribution in [0.5, 0.6) is 11.5 Å². The summed E-state index contributed by atoms with van der Waals surface area (Å²) in [5.74, 6) is 0.745. The van der Waals surface area contributed by atoms with Crippen LogP contribution in [0, 0.1) is 0 Å². The van der Waals surface area contributed by atoms with Gasteiger partial charge in [-0.15, -0.1) is 0 Å². The molecule has 0 saturated heterocycles. The number of nitrogens with one attached hydrogen (secondary N) is 3. The lowest BCUT2D eigenvalue weighted by atomic mass is 10.1. The fourth-order valence-corrected chi connectivity index (χ4v) is 3.16. The lowest BCUT2D eigenvalue weighted by Crippen LogP contribution is -2.29. The summed E-state index contributed by atoms with van der Waals surface area (Å²) < 4.78 is 5.84. The molecular formula is C23H21N3O3. The van der Waals surface area contributed by atoms with Crippen LogP contribution < -0.4 is 20.7 Å². The second kappa shape index (κ2) is 8.48. The van der Waals surface area contributed by atoms with E-state index in [4.69, 9.17) is 4.74 Å². The van der Waals surface area contributed by atoms with E-state index in [9.17, 15) is 9.59 Å². The number of amides is 3. The Hall–Kier alpha value is -3.80. The normalized spacial score (nSPS) is 11.9. The summed E-state index contributed by atoms with van der Waals surface area (Å²) >= 11 is 0. The monoisotopic (exact) mass is 387 g/mol. The SMILES string of the molecule is O=C(NCCCc1ccccc1)Nc1ccc2c(c1)C(=O)Nc1ccccc1O2. The summed E-state index contributed by atoms with van der Waals surface area (Å²) in [6, 6.07) is 22.1. The van der Waals surface area contributed by atoms with E-state index in [-0.39, 0.29) is 11.9 Å². The molecule has 3 aromatic carbocycles. The van der Waals surface area contributed by atoms with Gasteiger partial charge in [0.2, 0.25) is 0 Å². The minimum atomic E-state index is -0.309. The molecule has 4 rings (SSSR count). The van der Waals surface area contributed by atoms with Crippen LogP contribution in [-0.4, -0.2) is 18.5 Å². The van der Waals surface area contributed by atoms with Crippen LogP contribution >= 0.6 is 0 Å². The molecule has 0 aromatic heterocycles. The number of aryl methyl sites for hydroxylation is 1. The maximum absolute atomic E-state index is 12.5. The van der Waals surface area contributed by atoms with Crippen molar-refractivity contribution in [3.05, 3.63) is 83.9 Å². The quantitative estimate of drug-likeness (QED) is 0.550. The average molecular weight is 387 g/mol. The van der Waals surface area contributed by atoms with Gasteiger partial charge in [0.1, 0.15) is 5.75 Å². The highest BCUT2D eigenvalue weighted by atomic mass is 16.5. The molecule has 3 aromatic rings. The largest absolute Gasteiger partial charge is 0.454 e. The van der Waals surface area contributed by atoms with Crippen LogP contribution in [0.4, 0.5) is 16.2 Å². The fourth-order valence-electron chi connectivity index (χ4n) is 3.16. The Morgan fingerprint density at radius 1 is 0.931 bits per heavy atom. The summed E-state index contributed by atoms with van der Waals surface area (Å²) in [5.41, 5.74) is 2.74. The van der Waals surface area contributed by atoms with E-state index < -0.39 is 0 Å². The molecule has 0 bridgehead atoms. The summed E-state index contributed by atoms with van der Waals surface area (Å²) in [6.07, 6.45) is 1.74. The van der Waals surface area contributed by atoms with Gasteiger partial charge in [-0.25, -0.2) is 4.79 Å².